The minimum Gasteiger partial charge on any atom is -0.172 e. The number of hydrogen-bond acceptors (Lipinski definition) is 0. The Hall–Kier alpha value is -2.03. The van der Waals surface area contributed by atoms with Gasteiger partial charge in [0.2, 0.25) is 0 Å². The van der Waals surface area contributed by atoms with Gasteiger partial charge >= 0.3 is 6.18 Å². The van der Waals surface area contributed by atoms with Gasteiger partial charge in [-0.05, 0) is 33.7 Å². The standard InChI is InChI=1S/C14H10.C2H3F3/c1-2-6-12-10-14-8-4-3-7-13(14)9-11(12)5-1;1-2(3,4)5/h1-10H;1H3. The van der Waals surface area contributed by atoms with Crippen molar-refractivity contribution < 1.29 is 13.2 Å². The molecule has 0 unspecified atom stereocenters. The fourth-order valence-corrected chi connectivity index (χ4v) is 1.88. The molecule has 3 heteroatoms. The van der Waals surface area contributed by atoms with E-state index in [1.807, 2.05) is 0 Å². The van der Waals surface area contributed by atoms with Gasteiger partial charge in [-0.25, -0.2) is 0 Å². The Bertz CT molecular complexity index is 573. The van der Waals surface area contributed by atoms with E-state index in [4.69, 9.17) is 0 Å². The van der Waals surface area contributed by atoms with Crippen LogP contribution in [0.25, 0.3) is 21.5 Å². The lowest BCUT2D eigenvalue weighted by atomic mass is 10.0. The van der Waals surface area contributed by atoms with Gasteiger partial charge in [-0.15, -0.1) is 0 Å². The molecule has 3 rings (SSSR count). The van der Waals surface area contributed by atoms with Gasteiger partial charge in [0.1, 0.15) is 0 Å². The van der Waals surface area contributed by atoms with Crippen molar-refractivity contribution in [2.45, 2.75) is 13.1 Å². The lowest BCUT2D eigenvalue weighted by Gasteiger charge is -2.00. The van der Waals surface area contributed by atoms with Crippen LogP contribution in [-0.4, -0.2) is 6.18 Å². The van der Waals surface area contributed by atoms with E-state index in [1.165, 1.54) is 21.5 Å². The molecule has 3 aromatic carbocycles. The molecule has 0 aliphatic heterocycles. The first kappa shape index (κ1) is 13.4. The Morgan fingerprint density at radius 3 is 1.05 bits per heavy atom. The zero-order chi connectivity index (χ0) is 13.9. The summed E-state index contributed by atoms with van der Waals surface area (Å²) in [5.74, 6) is 0. The Morgan fingerprint density at radius 1 is 0.632 bits per heavy atom. The van der Waals surface area contributed by atoms with Crippen LogP contribution in [0.3, 0.4) is 0 Å². The fourth-order valence-electron chi connectivity index (χ4n) is 1.88. The SMILES string of the molecule is CC(F)(F)F.c1ccc2cc3ccccc3cc2c1. The van der Waals surface area contributed by atoms with Crippen LogP contribution in [0.5, 0.6) is 0 Å². The maximum absolute atomic E-state index is 10.4. The van der Waals surface area contributed by atoms with Crippen LogP contribution in [0.4, 0.5) is 13.2 Å². The van der Waals surface area contributed by atoms with Gasteiger partial charge in [0.25, 0.3) is 0 Å². The van der Waals surface area contributed by atoms with E-state index >= 15 is 0 Å². The summed E-state index contributed by atoms with van der Waals surface area (Å²) in [5.41, 5.74) is 0. The monoisotopic (exact) mass is 262 g/mol. The van der Waals surface area contributed by atoms with Gasteiger partial charge in [0, 0.05) is 6.92 Å². The van der Waals surface area contributed by atoms with Crippen LogP contribution in [0.1, 0.15) is 6.92 Å². The van der Waals surface area contributed by atoms with Crippen LogP contribution in [0, 0.1) is 0 Å². The summed E-state index contributed by atoms with van der Waals surface area (Å²) < 4.78 is 31.1. The van der Waals surface area contributed by atoms with Gasteiger partial charge in [-0.1, -0.05) is 48.5 Å². The topological polar surface area (TPSA) is 0 Å². The summed E-state index contributed by atoms with van der Waals surface area (Å²) in [5, 5.41) is 5.25. The average Bonchev–Trinajstić information content (AvgIpc) is 2.34. The molecule has 0 saturated heterocycles. The first-order chi connectivity index (χ1) is 8.93. The van der Waals surface area contributed by atoms with Gasteiger partial charge in [0.05, 0.1) is 0 Å². The van der Waals surface area contributed by atoms with Crippen LogP contribution in [-0.2, 0) is 0 Å². The Labute approximate surface area is 109 Å². The number of benzene rings is 3. The summed E-state index contributed by atoms with van der Waals surface area (Å²) in [4.78, 5) is 0. The van der Waals surface area contributed by atoms with E-state index in [9.17, 15) is 13.2 Å². The third-order valence-corrected chi connectivity index (χ3v) is 2.61. The molecule has 0 aromatic heterocycles. The number of fused-ring (bicyclic) bond motifs is 2. The van der Waals surface area contributed by atoms with Crippen LogP contribution < -0.4 is 0 Å². The lowest BCUT2D eigenvalue weighted by Crippen LogP contribution is -1.95. The molecule has 0 N–H and O–H groups in total. The molecule has 0 aliphatic carbocycles. The van der Waals surface area contributed by atoms with E-state index in [0.717, 1.165) is 0 Å². The fraction of sp³-hybridized carbons (Fsp3) is 0.125. The predicted octanol–water partition coefficient (Wildman–Crippen LogP) is 5.56. The minimum atomic E-state index is -4.00. The van der Waals surface area contributed by atoms with Crippen molar-refractivity contribution in [3.8, 4) is 0 Å². The average molecular weight is 262 g/mol. The Kier molecular flexibility index (Phi) is 3.74. The quantitative estimate of drug-likeness (QED) is 0.465. The van der Waals surface area contributed by atoms with Crippen LogP contribution in [0.2, 0.25) is 0 Å². The van der Waals surface area contributed by atoms with Crippen molar-refractivity contribution in [3.05, 3.63) is 60.7 Å². The molecule has 0 fully saturated rings. The second-order valence-corrected chi connectivity index (χ2v) is 4.33. The van der Waals surface area contributed by atoms with Gasteiger partial charge in [-0.3, -0.25) is 0 Å². The van der Waals surface area contributed by atoms with Crippen molar-refractivity contribution in [2.75, 3.05) is 0 Å². The van der Waals surface area contributed by atoms with Crippen molar-refractivity contribution in [1.29, 1.82) is 0 Å². The molecule has 0 radical (unpaired) electrons. The van der Waals surface area contributed by atoms with Crippen molar-refractivity contribution in [1.82, 2.24) is 0 Å². The maximum Gasteiger partial charge on any atom is 0.386 e. The first-order valence-electron chi connectivity index (χ1n) is 5.88. The summed E-state index contributed by atoms with van der Waals surface area (Å²) in [7, 11) is 0. The van der Waals surface area contributed by atoms with Crippen LogP contribution >= 0.6 is 0 Å². The van der Waals surface area contributed by atoms with E-state index in [-0.39, 0.29) is 6.92 Å². The third-order valence-electron chi connectivity index (χ3n) is 2.61. The van der Waals surface area contributed by atoms with Crippen molar-refractivity contribution in [3.63, 3.8) is 0 Å². The number of rotatable bonds is 0. The number of halogens is 3. The molecular weight excluding hydrogens is 249 g/mol. The van der Waals surface area contributed by atoms with E-state index in [2.05, 4.69) is 60.7 Å². The highest BCUT2D eigenvalue weighted by Crippen LogP contribution is 2.22. The molecule has 98 valence electrons. The number of hydrogen-bond donors (Lipinski definition) is 0. The molecule has 0 saturated carbocycles. The van der Waals surface area contributed by atoms with E-state index < -0.39 is 6.18 Å². The normalized spacial score (nSPS) is 11.2. The van der Waals surface area contributed by atoms with E-state index in [1.54, 1.807) is 0 Å². The zero-order valence-corrected chi connectivity index (χ0v) is 10.4. The van der Waals surface area contributed by atoms with Gasteiger partial charge < -0.3 is 0 Å². The zero-order valence-electron chi connectivity index (χ0n) is 10.4. The molecule has 19 heavy (non-hydrogen) atoms. The molecular formula is C16H13F3. The summed E-state index contributed by atoms with van der Waals surface area (Å²) in [6.45, 7) is 0.188. The molecule has 0 amide bonds. The first-order valence-corrected chi connectivity index (χ1v) is 5.88. The van der Waals surface area contributed by atoms with Crippen molar-refractivity contribution in [2.24, 2.45) is 0 Å². The van der Waals surface area contributed by atoms with Crippen LogP contribution in [0.15, 0.2) is 60.7 Å². The largest absolute Gasteiger partial charge is 0.386 e. The minimum absolute atomic E-state index is 0.188. The molecule has 3 aromatic rings. The molecule has 0 atom stereocenters. The second kappa shape index (κ2) is 5.31. The number of alkyl halides is 3. The summed E-state index contributed by atoms with van der Waals surface area (Å²) in [6.07, 6.45) is -4.00. The molecule has 0 spiro atoms. The maximum atomic E-state index is 10.4. The third kappa shape index (κ3) is 3.98. The Morgan fingerprint density at radius 2 is 0.842 bits per heavy atom. The molecule has 0 bridgehead atoms. The highest BCUT2D eigenvalue weighted by molar-refractivity contribution is 5.98. The molecule has 0 aliphatic rings. The molecule has 0 heterocycles. The van der Waals surface area contributed by atoms with E-state index in [0.29, 0.717) is 0 Å². The van der Waals surface area contributed by atoms with Crippen molar-refractivity contribution >= 4 is 21.5 Å². The molecule has 0 nitrogen and oxygen atoms in total. The lowest BCUT2D eigenvalue weighted by molar-refractivity contribution is -0.110. The van der Waals surface area contributed by atoms with Gasteiger partial charge in [-0.2, -0.15) is 13.2 Å². The Balaban J connectivity index is 0.000000232. The second-order valence-electron chi connectivity index (χ2n) is 4.33. The highest BCUT2D eigenvalue weighted by atomic mass is 19.4. The summed E-state index contributed by atoms with van der Waals surface area (Å²) >= 11 is 0. The van der Waals surface area contributed by atoms with Gasteiger partial charge in [0.15, 0.2) is 0 Å². The smallest absolute Gasteiger partial charge is 0.172 e. The summed E-state index contributed by atoms with van der Waals surface area (Å²) in [6, 6.07) is 21.4. The predicted molar refractivity (Wildman–Crippen MR) is 73.2 cm³/mol. The highest BCUT2D eigenvalue weighted by Gasteiger charge is 2.15.